The molecular weight excluding hydrogens is 566 g/mol. The van der Waals surface area contributed by atoms with E-state index < -0.39 is 22.0 Å². The third-order valence-corrected chi connectivity index (χ3v) is 9.49. The number of benzene rings is 3. The van der Waals surface area contributed by atoms with Gasteiger partial charge < -0.3 is 19.7 Å². The van der Waals surface area contributed by atoms with Gasteiger partial charge in [0.05, 0.1) is 25.3 Å². The number of nitrogens with one attached hydrogen (secondary N) is 1. The third kappa shape index (κ3) is 6.34. The lowest BCUT2D eigenvalue weighted by atomic mass is 9.97. The Balaban J connectivity index is 1.31. The first-order valence-corrected chi connectivity index (χ1v) is 15.3. The van der Waals surface area contributed by atoms with Gasteiger partial charge in [-0.1, -0.05) is 54.1 Å². The van der Waals surface area contributed by atoms with Gasteiger partial charge in [-0.25, -0.2) is 8.42 Å². The Hall–Kier alpha value is -3.60. The van der Waals surface area contributed by atoms with E-state index in [0.29, 0.717) is 37.2 Å². The molecule has 0 saturated carbocycles. The molecule has 2 unspecified atom stereocenters. The van der Waals surface area contributed by atoms with Crippen molar-refractivity contribution in [2.75, 3.05) is 38.2 Å². The molecule has 1 N–H and O–H groups in total. The molecule has 0 spiro atoms. The van der Waals surface area contributed by atoms with Crippen molar-refractivity contribution in [1.82, 2.24) is 9.62 Å². The van der Waals surface area contributed by atoms with Crippen LogP contribution in [0.3, 0.4) is 0 Å². The fourth-order valence-corrected chi connectivity index (χ4v) is 7.18. The van der Waals surface area contributed by atoms with Gasteiger partial charge in [0.1, 0.15) is 16.4 Å². The molecule has 2 amide bonds. The predicted octanol–water partition coefficient (Wildman–Crippen LogP) is 3.90. The van der Waals surface area contributed by atoms with E-state index in [1.807, 2.05) is 30.3 Å². The zero-order chi connectivity index (χ0) is 29.0. The topological polar surface area (TPSA) is 105 Å². The van der Waals surface area contributed by atoms with E-state index in [2.05, 4.69) is 5.32 Å². The standard InChI is InChI=1S/C30H32ClN3O6S/c1-39-26-14-13-23(31)18-28(26)41(37,38)33-17-7-10-22(19-33)30(36)34-20-27(40-25-12-6-5-11-24(25)34)29(35)32-16-15-21-8-3-2-4-9-21/h2-6,8-9,11-14,18,22,27H,7,10,15-17,19-20H2,1H3,(H,32,35). The summed E-state index contributed by atoms with van der Waals surface area (Å²) in [4.78, 5) is 28.5. The Labute approximate surface area is 245 Å². The minimum Gasteiger partial charge on any atom is -0.495 e. The van der Waals surface area contributed by atoms with E-state index in [0.717, 1.165) is 5.56 Å². The highest BCUT2D eigenvalue weighted by Gasteiger charge is 2.40. The van der Waals surface area contributed by atoms with Crippen molar-refractivity contribution in [3.63, 3.8) is 0 Å². The number of piperidine rings is 1. The van der Waals surface area contributed by atoms with E-state index in [-0.39, 0.29) is 47.1 Å². The third-order valence-electron chi connectivity index (χ3n) is 7.36. The normalized spacial score (nSPS) is 19.1. The number of carbonyl (C=O) groups excluding carboxylic acids is 2. The molecule has 1 saturated heterocycles. The number of methoxy groups -OCH3 is 1. The largest absolute Gasteiger partial charge is 0.495 e. The number of carbonyl (C=O) groups is 2. The molecular formula is C30H32ClN3O6S. The fourth-order valence-electron chi connectivity index (χ4n) is 5.24. The summed E-state index contributed by atoms with van der Waals surface area (Å²) < 4.78 is 39.8. The van der Waals surface area contributed by atoms with Gasteiger partial charge in [0.15, 0.2) is 6.10 Å². The van der Waals surface area contributed by atoms with E-state index in [4.69, 9.17) is 21.1 Å². The maximum absolute atomic E-state index is 13.9. The molecule has 1 fully saturated rings. The monoisotopic (exact) mass is 597 g/mol. The molecule has 9 nitrogen and oxygen atoms in total. The van der Waals surface area contributed by atoms with E-state index in [1.54, 1.807) is 35.2 Å². The van der Waals surface area contributed by atoms with Crippen LogP contribution in [0.25, 0.3) is 0 Å². The SMILES string of the molecule is COc1ccc(Cl)cc1S(=O)(=O)N1CCCC(C(=O)N2CC(C(=O)NCCc3ccccc3)Oc3ccccc32)C1. The van der Waals surface area contributed by atoms with Crippen LogP contribution in [-0.2, 0) is 26.0 Å². The number of amides is 2. The second kappa shape index (κ2) is 12.5. The zero-order valence-corrected chi connectivity index (χ0v) is 24.2. The van der Waals surface area contributed by atoms with Gasteiger partial charge in [-0.3, -0.25) is 9.59 Å². The van der Waals surface area contributed by atoms with Gasteiger partial charge in [0.25, 0.3) is 5.91 Å². The fraction of sp³-hybridized carbons (Fsp3) is 0.333. The molecule has 216 valence electrons. The number of ether oxygens (including phenoxy) is 2. The second-order valence-corrected chi connectivity index (χ2v) is 12.4. The maximum Gasteiger partial charge on any atom is 0.262 e. The number of nitrogens with zero attached hydrogens (tertiary/aromatic N) is 2. The Bertz CT molecular complexity index is 1520. The maximum atomic E-state index is 13.9. The minimum absolute atomic E-state index is 0.00426. The molecule has 2 aliphatic rings. The van der Waals surface area contributed by atoms with Crippen LogP contribution in [-0.4, -0.2) is 63.9 Å². The highest BCUT2D eigenvalue weighted by Crippen LogP contribution is 2.36. The lowest BCUT2D eigenvalue weighted by molar-refractivity contribution is -0.129. The number of halogens is 1. The van der Waals surface area contributed by atoms with Crippen LogP contribution in [0.1, 0.15) is 18.4 Å². The molecule has 2 atom stereocenters. The molecule has 3 aromatic rings. The minimum atomic E-state index is -3.98. The summed E-state index contributed by atoms with van der Waals surface area (Å²) in [6, 6.07) is 21.3. The number of hydrogen-bond donors (Lipinski definition) is 1. The van der Waals surface area contributed by atoms with E-state index in [9.17, 15) is 18.0 Å². The average Bonchev–Trinajstić information content (AvgIpc) is 3.00. The van der Waals surface area contributed by atoms with E-state index >= 15 is 0 Å². The number of anilines is 1. The number of rotatable bonds is 8. The predicted molar refractivity (Wildman–Crippen MR) is 156 cm³/mol. The van der Waals surface area contributed by atoms with Crippen LogP contribution in [0.4, 0.5) is 5.69 Å². The molecule has 41 heavy (non-hydrogen) atoms. The lowest BCUT2D eigenvalue weighted by Crippen LogP contribution is -2.54. The van der Waals surface area contributed by atoms with Crippen molar-refractivity contribution in [2.24, 2.45) is 5.92 Å². The number of fused-ring (bicyclic) bond motifs is 1. The summed E-state index contributed by atoms with van der Waals surface area (Å²) in [5, 5.41) is 3.19. The van der Waals surface area contributed by atoms with Gasteiger partial charge in [-0.05, 0) is 55.2 Å². The average molecular weight is 598 g/mol. The molecule has 5 rings (SSSR count). The van der Waals surface area contributed by atoms with Gasteiger partial charge in [-0.15, -0.1) is 0 Å². The van der Waals surface area contributed by atoms with Gasteiger partial charge >= 0.3 is 0 Å². The summed E-state index contributed by atoms with van der Waals surface area (Å²) in [6.07, 6.45) is 0.796. The Morgan fingerprint density at radius 1 is 1.05 bits per heavy atom. The molecule has 0 aromatic heterocycles. The lowest BCUT2D eigenvalue weighted by Gasteiger charge is -2.38. The number of hydrogen-bond acceptors (Lipinski definition) is 6. The molecule has 0 aliphatic carbocycles. The van der Waals surface area contributed by atoms with Crippen LogP contribution in [0.2, 0.25) is 5.02 Å². The van der Waals surface area contributed by atoms with Gasteiger partial charge in [0, 0.05) is 24.7 Å². The van der Waals surface area contributed by atoms with Crippen LogP contribution in [0, 0.1) is 5.92 Å². The first-order valence-electron chi connectivity index (χ1n) is 13.5. The first kappa shape index (κ1) is 28.9. The summed E-state index contributed by atoms with van der Waals surface area (Å²) >= 11 is 6.11. The van der Waals surface area contributed by atoms with Crippen LogP contribution in [0.5, 0.6) is 11.5 Å². The molecule has 0 radical (unpaired) electrons. The van der Waals surface area contributed by atoms with Crippen molar-refractivity contribution in [3.05, 3.63) is 83.4 Å². The van der Waals surface area contributed by atoms with Gasteiger partial charge in [-0.2, -0.15) is 4.31 Å². The zero-order valence-electron chi connectivity index (χ0n) is 22.7. The molecule has 0 bridgehead atoms. The summed E-state index contributed by atoms with van der Waals surface area (Å²) in [5.74, 6) is -0.545. The van der Waals surface area contributed by atoms with Crippen LogP contribution < -0.4 is 19.7 Å². The summed E-state index contributed by atoms with van der Waals surface area (Å²) in [7, 11) is -2.58. The second-order valence-electron chi connectivity index (χ2n) is 10.0. The number of para-hydroxylation sites is 2. The quantitative estimate of drug-likeness (QED) is 0.422. The highest BCUT2D eigenvalue weighted by molar-refractivity contribution is 7.89. The number of sulfonamides is 1. The Morgan fingerprint density at radius 2 is 1.80 bits per heavy atom. The first-order chi connectivity index (χ1) is 19.8. The van der Waals surface area contributed by atoms with Crippen molar-refractivity contribution >= 4 is 39.1 Å². The van der Waals surface area contributed by atoms with E-state index in [1.165, 1.54) is 23.5 Å². The van der Waals surface area contributed by atoms with Crippen molar-refractivity contribution in [1.29, 1.82) is 0 Å². The Morgan fingerprint density at radius 3 is 2.59 bits per heavy atom. The summed E-state index contributed by atoms with van der Waals surface area (Å²) in [6.45, 7) is 0.733. The van der Waals surface area contributed by atoms with Crippen molar-refractivity contribution in [2.45, 2.75) is 30.3 Å². The molecule has 3 aromatic carbocycles. The molecule has 2 aliphatic heterocycles. The smallest absolute Gasteiger partial charge is 0.262 e. The molecule has 2 heterocycles. The van der Waals surface area contributed by atoms with Crippen LogP contribution >= 0.6 is 11.6 Å². The van der Waals surface area contributed by atoms with Crippen molar-refractivity contribution in [3.8, 4) is 11.5 Å². The molecule has 11 heteroatoms. The van der Waals surface area contributed by atoms with Crippen LogP contribution in [0.15, 0.2) is 77.7 Å². The summed E-state index contributed by atoms with van der Waals surface area (Å²) in [5.41, 5.74) is 1.66. The Kier molecular flexibility index (Phi) is 8.82. The van der Waals surface area contributed by atoms with Gasteiger partial charge in [0.2, 0.25) is 15.9 Å². The highest BCUT2D eigenvalue weighted by atomic mass is 35.5. The van der Waals surface area contributed by atoms with Crippen molar-refractivity contribution < 1.29 is 27.5 Å².